The van der Waals surface area contributed by atoms with Crippen molar-refractivity contribution in [3.05, 3.63) is 65.6 Å². The van der Waals surface area contributed by atoms with Gasteiger partial charge in [0.1, 0.15) is 18.2 Å². The largest absolute Gasteiger partial charge is 0.366 e. The molecule has 0 saturated heterocycles. The average Bonchev–Trinajstić information content (AvgIpc) is 3.45. The third-order valence-corrected chi connectivity index (χ3v) is 6.04. The van der Waals surface area contributed by atoms with E-state index in [1.54, 1.807) is 16.8 Å². The number of nitrogens with one attached hydrogen (secondary N) is 2. The van der Waals surface area contributed by atoms with Crippen LogP contribution >= 0.6 is 0 Å². The van der Waals surface area contributed by atoms with Crippen molar-refractivity contribution >= 4 is 24.0 Å². The van der Waals surface area contributed by atoms with Gasteiger partial charge in [0.15, 0.2) is 0 Å². The highest BCUT2D eigenvalue weighted by Crippen LogP contribution is 2.44. The van der Waals surface area contributed by atoms with Crippen molar-refractivity contribution in [1.29, 1.82) is 5.41 Å². The summed E-state index contributed by atoms with van der Waals surface area (Å²) >= 11 is 0. The fourth-order valence-corrected chi connectivity index (χ4v) is 4.15. The van der Waals surface area contributed by atoms with Crippen molar-refractivity contribution in [2.24, 2.45) is 4.99 Å². The molecule has 3 aromatic rings. The van der Waals surface area contributed by atoms with E-state index in [4.69, 9.17) is 5.41 Å². The van der Waals surface area contributed by atoms with Crippen LogP contribution in [0.15, 0.2) is 53.7 Å². The molecule has 1 saturated carbocycles. The Morgan fingerprint density at radius 2 is 2.06 bits per heavy atom. The number of rotatable bonds is 10. The summed E-state index contributed by atoms with van der Waals surface area (Å²) in [5.41, 5.74) is 3.45. The van der Waals surface area contributed by atoms with Gasteiger partial charge >= 0.3 is 0 Å². The minimum absolute atomic E-state index is 0.0406. The average molecular weight is 462 g/mol. The molecule has 1 aliphatic rings. The molecule has 2 N–H and O–H groups in total. The van der Waals surface area contributed by atoms with Crippen LogP contribution in [0.4, 0.5) is 10.1 Å². The molecule has 1 fully saturated rings. The summed E-state index contributed by atoms with van der Waals surface area (Å²) in [5.74, 6) is -0.335. The van der Waals surface area contributed by atoms with Crippen molar-refractivity contribution in [2.75, 3.05) is 18.5 Å². The lowest BCUT2D eigenvalue weighted by atomic mass is 10.1. The summed E-state index contributed by atoms with van der Waals surface area (Å²) in [6, 6.07) is 11.9. The monoisotopic (exact) mass is 461 g/mol. The second kappa shape index (κ2) is 9.94. The fourth-order valence-electron chi connectivity index (χ4n) is 4.15. The number of aliphatic imine (C=N–C) groups is 1. The number of hydrogen-bond donors (Lipinski definition) is 2. The van der Waals surface area contributed by atoms with E-state index in [9.17, 15) is 9.18 Å². The topological polar surface area (TPSA) is 99.3 Å². The van der Waals surface area contributed by atoms with Crippen molar-refractivity contribution in [2.45, 2.75) is 38.8 Å². The second-order valence-corrected chi connectivity index (χ2v) is 8.46. The molecule has 34 heavy (non-hydrogen) atoms. The summed E-state index contributed by atoms with van der Waals surface area (Å²) in [6.45, 7) is 5.33. The first-order valence-electron chi connectivity index (χ1n) is 11.3. The Bertz CT molecular complexity index is 1200. The van der Waals surface area contributed by atoms with Gasteiger partial charge in [-0.15, -0.1) is 5.10 Å². The number of hydrogen-bond acceptors (Lipinski definition) is 6. The van der Waals surface area contributed by atoms with Crippen LogP contribution in [0.5, 0.6) is 0 Å². The standard InChI is InChI=1S/C25H28FN7O/c1-3-33(24(34)21-14-18(2)4-9-22(21)29-17-28-13-12-27)25(10-11-25)16-32-15-23(30-31-32)19-5-7-20(26)8-6-19/h4-9,12-15,27,29H,3,10-11,16-17H2,1-2H3/b27-12?,28-13-. The third-order valence-electron chi connectivity index (χ3n) is 6.04. The van der Waals surface area contributed by atoms with Gasteiger partial charge < -0.3 is 15.6 Å². The van der Waals surface area contributed by atoms with Crippen molar-refractivity contribution in [3.8, 4) is 11.3 Å². The number of amides is 1. The molecule has 0 aliphatic heterocycles. The van der Waals surface area contributed by atoms with E-state index in [2.05, 4.69) is 20.6 Å². The van der Waals surface area contributed by atoms with Crippen molar-refractivity contribution < 1.29 is 9.18 Å². The van der Waals surface area contributed by atoms with Crippen LogP contribution < -0.4 is 5.32 Å². The van der Waals surface area contributed by atoms with Gasteiger partial charge in [-0.2, -0.15) is 0 Å². The number of benzene rings is 2. The molecule has 1 heterocycles. The number of aryl methyl sites for hydroxylation is 1. The number of carbonyl (C=O) groups excluding carboxylic acids is 1. The molecular weight excluding hydrogens is 433 g/mol. The molecule has 0 atom stereocenters. The number of carbonyl (C=O) groups is 1. The predicted octanol–water partition coefficient (Wildman–Crippen LogP) is 4.18. The van der Waals surface area contributed by atoms with E-state index in [0.29, 0.717) is 30.0 Å². The Morgan fingerprint density at radius 3 is 2.74 bits per heavy atom. The highest BCUT2D eigenvalue weighted by Gasteiger charge is 2.50. The van der Waals surface area contributed by atoms with E-state index < -0.39 is 0 Å². The number of halogens is 1. The third kappa shape index (κ3) is 5.03. The Hall–Kier alpha value is -3.88. The number of nitrogens with zero attached hydrogens (tertiary/aromatic N) is 5. The Morgan fingerprint density at radius 1 is 1.29 bits per heavy atom. The smallest absolute Gasteiger partial charge is 0.256 e. The molecule has 176 valence electrons. The number of likely N-dealkylation sites (N-methyl/N-ethyl adjacent to an activating group) is 1. The Kier molecular flexibility index (Phi) is 6.81. The van der Waals surface area contributed by atoms with E-state index in [-0.39, 0.29) is 23.9 Å². The normalized spacial score (nSPS) is 14.2. The Balaban J connectivity index is 1.54. The van der Waals surface area contributed by atoms with Gasteiger partial charge in [-0.3, -0.25) is 9.79 Å². The van der Waals surface area contributed by atoms with Crippen LogP contribution in [0.25, 0.3) is 11.3 Å². The van der Waals surface area contributed by atoms with Gasteiger partial charge in [-0.1, -0.05) is 16.8 Å². The lowest BCUT2D eigenvalue weighted by Crippen LogP contribution is -2.45. The molecule has 1 aliphatic carbocycles. The summed E-state index contributed by atoms with van der Waals surface area (Å²) in [7, 11) is 0. The Labute approximate surface area is 198 Å². The molecular formula is C25H28FN7O. The molecule has 1 aromatic heterocycles. The van der Waals surface area contributed by atoms with Crippen LogP contribution in [-0.2, 0) is 6.54 Å². The van der Waals surface area contributed by atoms with E-state index in [1.807, 2.05) is 43.1 Å². The zero-order valence-corrected chi connectivity index (χ0v) is 19.3. The van der Waals surface area contributed by atoms with Crippen LogP contribution in [0.3, 0.4) is 0 Å². The van der Waals surface area contributed by atoms with Crippen molar-refractivity contribution in [3.63, 3.8) is 0 Å². The molecule has 1 amide bonds. The van der Waals surface area contributed by atoms with E-state index in [0.717, 1.165) is 30.2 Å². The molecule has 9 heteroatoms. The first kappa shape index (κ1) is 23.3. The molecule has 4 rings (SSSR count). The second-order valence-electron chi connectivity index (χ2n) is 8.46. The predicted molar refractivity (Wildman–Crippen MR) is 131 cm³/mol. The summed E-state index contributed by atoms with van der Waals surface area (Å²) in [4.78, 5) is 19.7. The van der Waals surface area contributed by atoms with Gasteiger partial charge in [0.05, 0.1) is 23.8 Å². The quantitative estimate of drug-likeness (QED) is 0.443. The number of anilines is 1. The minimum Gasteiger partial charge on any atom is -0.366 e. The lowest BCUT2D eigenvalue weighted by molar-refractivity contribution is 0.0635. The van der Waals surface area contributed by atoms with E-state index >= 15 is 0 Å². The maximum atomic E-state index is 13.7. The van der Waals surface area contributed by atoms with Gasteiger partial charge in [-0.05, 0) is 63.1 Å². The SMILES string of the molecule is CCN(C(=O)c1cc(C)ccc1NC/N=C\C=N)C1(Cn2cc(-c3ccc(F)cc3)nn2)CC1. The molecule has 0 spiro atoms. The molecule has 2 aromatic carbocycles. The first-order valence-corrected chi connectivity index (χ1v) is 11.3. The molecule has 8 nitrogen and oxygen atoms in total. The highest BCUT2D eigenvalue weighted by molar-refractivity contribution is 6.14. The van der Waals surface area contributed by atoms with Crippen molar-refractivity contribution in [1.82, 2.24) is 19.9 Å². The summed E-state index contributed by atoms with van der Waals surface area (Å²) in [5, 5.41) is 18.7. The van der Waals surface area contributed by atoms with Crippen LogP contribution in [0.1, 0.15) is 35.7 Å². The fraction of sp³-hybridized carbons (Fsp3) is 0.320. The number of aromatic nitrogens is 3. The van der Waals surface area contributed by atoms with Crippen LogP contribution in [0.2, 0.25) is 0 Å². The van der Waals surface area contributed by atoms with Gasteiger partial charge in [0, 0.05) is 30.2 Å². The van der Waals surface area contributed by atoms with E-state index in [1.165, 1.54) is 18.3 Å². The zero-order valence-electron chi connectivity index (χ0n) is 19.3. The summed E-state index contributed by atoms with van der Waals surface area (Å²) in [6.07, 6.45) is 6.13. The van der Waals surface area contributed by atoms with Gasteiger partial charge in [0.25, 0.3) is 5.91 Å². The zero-order chi connectivity index (χ0) is 24.1. The molecule has 0 radical (unpaired) electrons. The first-order chi connectivity index (χ1) is 16.5. The van der Waals surface area contributed by atoms with Crippen LogP contribution in [-0.4, -0.2) is 57.0 Å². The summed E-state index contributed by atoms with van der Waals surface area (Å²) < 4.78 is 15.0. The highest BCUT2D eigenvalue weighted by atomic mass is 19.1. The maximum Gasteiger partial charge on any atom is 0.256 e. The molecule has 0 unspecified atom stereocenters. The van der Waals surface area contributed by atoms with Crippen LogP contribution in [0, 0.1) is 18.2 Å². The maximum absolute atomic E-state index is 13.7. The lowest BCUT2D eigenvalue weighted by Gasteiger charge is -2.32. The van der Waals surface area contributed by atoms with Gasteiger partial charge in [-0.25, -0.2) is 9.07 Å². The minimum atomic E-state index is -0.320. The van der Waals surface area contributed by atoms with Gasteiger partial charge in [0.2, 0.25) is 0 Å². The molecule has 0 bridgehead atoms.